The van der Waals surface area contributed by atoms with Gasteiger partial charge in [0.1, 0.15) is 0 Å². The van der Waals surface area contributed by atoms with Crippen molar-refractivity contribution in [1.82, 2.24) is 9.71 Å². The summed E-state index contributed by atoms with van der Waals surface area (Å²) >= 11 is 0.928. The Hall–Kier alpha value is -0.990. The molecule has 0 saturated heterocycles. The standard InChI is InChI=1S/C13H20N2O4S2/c1-8-4-5-10(9(2)6-8)15-21(17,18)13-11(12(16)19-3)14-7-20-13/h7-10,15H,4-6H2,1-3H3. The van der Waals surface area contributed by atoms with Crippen molar-refractivity contribution in [3.63, 3.8) is 0 Å². The Kier molecular flexibility index (Phi) is 5.00. The minimum absolute atomic E-state index is 0.0693. The van der Waals surface area contributed by atoms with Gasteiger partial charge in [0.2, 0.25) is 0 Å². The van der Waals surface area contributed by atoms with Gasteiger partial charge in [-0.15, -0.1) is 11.3 Å². The Bertz CT molecular complexity index is 611. The van der Waals surface area contributed by atoms with Gasteiger partial charge in [-0.2, -0.15) is 0 Å². The number of hydrogen-bond acceptors (Lipinski definition) is 6. The van der Waals surface area contributed by atoms with Crippen molar-refractivity contribution in [1.29, 1.82) is 0 Å². The zero-order chi connectivity index (χ0) is 15.6. The molecule has 0 bridgehead atoms. The third kappa shape index (κ3) is 3.61. The molecule has 1 aliphatic rings. The van der Waals surface area contributed by atoms with Crippen LogP contribution in [0, 0.1) is 11.8 Å². The predicted octanol–water partition coefficient (Wildman–Crippen LogP) is 2.03. The van der Waals surface area contributed by atoms with Gasteiger partial charge >= 0.3 is 5.97 Å². The molecule has 118 valence electrons. The van der Waals surface area contributed by atoms with Crippen molar-refractivity contribution in [3.8, 4) is 0 Å². The van der Waals surface area contributed by atoms with E-state index in [-0.39, 0.29) is 21.9 Å². The molecule has 3 atom stereocenters. The van der Waals surface area contributed by atoms with Crippen LogP contribution in [0.25, 0.3) is 0 Å². The monoisotopic (exact) mass is 332 g/mol. The van der Waals surface area contributed by atoms with Crippen LogP contribution < -0.4 is 4.72 Å². The Labute approximate surface area is 129 Å². The van der Waals surface area contributed by atoms with Crippen molar-refractivity contribution < 1.29 is 17.9 Å². The minimum atomic E-state index is -3.75. The summed E-state index contributed by atoms with van der Waals surface area (Å²) in [4.78, 5) is 15.4. The topological polar surface area (TPSA) is 85.4 Å². The zero-order valence-electron chi connectivity index (χ0n) is 12.3. The maximum atomic E-state index is 12.5. The van der Waals surface area contributed by atoms with E-state index < -0.39 is 16.0 Å². The number of carbonyl (C=O) groups is 1. The fourth-order valence-corrected chi connectivity index (χ4v) is 5.28. The van der Waals surface area contributed by atoms with E-state index >= 15 is 0 Å². The summed E-state index contributed by atoms with van der Waals surface area (Å²) in [6, 6.07) is -0.0983. The Morgan fingerprint density at radius 1 is 1.43 bits per heavy atom. The molecule has 1 aromatic heterocycles. The number of carbonyl (C=O) groups excluding carboxylic acids is 1. The van der Waals surface area contributed by atoms with Gasteiger partial charge in [-0.3, -0.25) is 0 Å². The number of nitrogens with zero attached hydrogens (tertiary/aromatic N) is 1. The van der Waals surface area contributed by atoms with E-state index in [1.807, 2.05) is 0 Å². The number of rotatable bonds is 4. The molecule has 1 heterocycles. The molecule has 1 saturated carbocycles. The van der Waals surface area contributed by atoms with Crippen molar-refractivity contribution in [3.05, 3.63) is 11.2 Å². The minimum Gasteiger partial charge on any atom is -0.464 e. The maximum Gasteiger partial charge on any atom is 0.358 e. The molecule has 0 spiro atoms. The fourth-order valence-electron chi connectivity index (χ4n) is 2.75. The van der Waals surface area contributed by atoms with Gasteiger partial charge in [-0.1, -0.05) is 13.8 Å². The number of hydrogen-bond donors (Lipinski definition) is 1. The molecule has 0 aromatic carbocycles. The van der Waals surface area contributed by atoms with Gasteiger partial charge < -0.3 is 4.74 Å². The van der Waals surface area contributed by atoms with Crippen LogP contribution in [-0.4, -0.2) is 32.5 Å². The normalized spacial score (nSPS) is 26.5. The van der Waals surface area contributed by atoms with Crippen LogP contribution in [0.1, 0.15) is 43.6 Å². The van der Waals surface area contributed by atoms with E-state index in [4.69, 9.17) is 0 Å². The summed E-state index contributed by atoms with van der Waals surface area (Å²) in [5, 5.41) is 0. The van der Waals surface area contributed by atoms with Gasteiger partial charge in [0.15, 0.2) is 9.90 Å². The second kappa shape index (κ2) is 6.41. The number of sulfonamides is 1. The van der Waals surface area contributed by atoms with Crippen LogP contribution in [0.15, 0.2) is 9.72 Å². The highest BCUT2D eigenvalue weighted by Crippen LogP contribution is 2.30. The van der Waals surface area contributed by atoms with Gasteiger partial charge in [0.25, 0.3) is 10.0 Å². The number of ether oxygens (including phenoxy) is 1. The first kappa shape index (κ1) is 16.4. The summed E-state index contributed by atoms with van der Waals surface area (Å²) in [7, 11) is -2.54. The third-order valence-electron chi connectivity index (χ3n) is 3.90. The van der Waals surface area contributed by atoms with Crippen molar-refractivity contribution in [2.45, 2.75) is 43.4 Å². The van der Waals surface area contributed by atoms with Gasteiger partial charge in [-0.05, 0) is 31.1 Å². The van der Waals surface area contributed by atoms with E-state index in [0.29, 0.717) is 5.92 Å². The zero-order valence-corrected chi connectivity index (χ0v) is 14.0. The molecule has 1 aromatic rings. The van der Waals surface area contributed by atoms with Crippen LogP contribution in [-0.2, 0) is 14.8 Å². The second-order valence-corrected chi connectivity index (χ2v) is 8.37. The average Bonchev–Trinajstić information content (AvgIpc) is 2.91. The van der Waals surface area contributed by atoms with E-state index in [1.54, 1.807) is 0 Å². The molecule has 1 N–H and O–H groups in total. The van der Waals surface area contributed by atoms with Crippen molar-refractivity contribution in [2.24, 2.45) is 11.8 Å². The van der Waals surface area contributed by atoms with E-state index in [9.17, 15) is 13.2 Å². The van der Waals surface area contributed by atoms with Crippen LogP contribution in [0.3, 0.4) is 0 Å². The molecule has 1 fully saturated rings. The lowest BCUT2D eigenvalue weighted by Gasteiger charge is -2.32. The Balaban J connectivity index is 2.19. The van der Waals surface area contributed by atoms with Gasteiger partial charge in [0.05, 0.1) is 12.6 Å². The SMILES string of the molecule is COC(=O)c1ncsc1S(=O)(=O)NC1CCC(C)CC1C. The quantitative estimate of drug-likeness (QED) is 0.853. The molecule has 1 aliphatic carbocycles. The van der Waals surface area contributed by atoms with Gasteiger partial charge in [0, 0.05) is 6.04 Å². The summed E-state index contributed by atoms with van der Waals surface area (Å²) in [6.45, 7) is 4.23. The largest absolute Gasteiger partial charge is 0.464 e. The lowest BCUT2D eigenvalue weighted by Crippen LogP contribution is -2.42. The molecule has 3 unspecified atom stereocenters. The lowest BCUT2D eigenvalue weighted by atomic mass is 9.80. The van der Waals surface area contributed by atoms with E-state index in [0.717, 1.165) is 30.6 Å². The molecule has 0 radical (unpaired) electrons. The first-order valence-electron chi connectivity index (χ1n) is 6.89. The Morgan fingerprint density at radius 3 is 2.76 bits per heavy atom. The summed E-state index contributed by atoms with van der Waals surface area (Å²) in [5.74, 6) is 0.162. The molecule has 0 amide bonds. The first-order chi connectivity index (χ1) is 9.85. The number of thiazole rings is 1. The molecular weight excluding hydrogens is 312 g/mol. The number of nitrogens with one attached hydrogen (secondary N) is 1. The Morgan fingerprint density at radius 2 is 2.14 bits per heavy atom. The molecule has 21 heavy (non-hydrogen) atoms. The number of methoxy groups -OCH3 is 1. The first-order valence-corrected chi connectivity index (χ1v) is 9.25. The fraction of sp³-hybridized carbons (Fsp3) is 0.692. The highest BCUT2D eigenvalue weighted by Gasteiger charge is 2.32. The summed E-state index contributed by atoms with van der Waals surface area (Å²) in [5.41, 5.74) is 1.19. The highest BCUT2D eigenvalue weighted by atomic mass is 32.2. The predicted molar refractivity (Wildman–Crippen MR) is 79.7 cm³/mol. The number of aromatic nitrogens is 1. The molecule has 6 nitrogen and oxygen atoms in total. The average molecular weight is 332 g/mol. The van der Waals surface area contributed by atoms with E-state index in [1.165, 1.54) is 12.6 Å². The highest BCUT2D eigenvalue weighted by molar-refractivity contribution is 7.91. The van der Waals surface area contributed by atoms with Gasteiger partial charge in [-0.25, -0.2) is 22.9 Å². The number of esters is 1. The third-order valence-corrected chi connectivity index (χ3v) is 6.76. The van der Waals surface area contributed by atoms with Crippen LogP contribution in [0.4, 0.5) is 0 Å². The summed E-state index contributed by atoms with van der Waals surface area (Å²) < 4.78 is 32.2. The maximum absolute atomic E-state index is 12.5. The molecular formula is C13H20N2O4S2. The lowest BCUT2D eigenvalue weighted by molar-refractivity contribution is 0.0590. The molecule has 0 aliphatic heterocycles. The second-order valence-electron chi connectivity index (χ2n) is 5.60. The van der Waals surface area contributed by atoms with Crippen molar-refractivity contribution in [2.75, 3.05) is 7.11 Å². The van der Waals surface area contributed by atoms with Crippen LogP contribution in [0.2, 0.25) is 0 Å². The smallest absolute Gasteiger partial charge is 0.358 e. The molecule has 2 rings (SSSR count). The van der Waals surface area contributed by atoms with Crippen LogP contribution in [0.5, 0.6) is 0 Å². The summed E-state index contributed by atoms with van der Waals surface area (Å²) in [6.07, 6.45) is 2.82. The van der Waals surface area contributed by atoms with Crippen molar-refractivity contribution >= 4 is 27.3 Å². The van der Waals surface area contributed by atoms with E-state index in [2.05, 4.69) is 28.3 Å². The van der Waals surface area contributed by atoms with Crippen LogP contribution >= 0.6 is 11.3 Å². The molecule has 8 heteroatoms.